The van der Waals surface area contributed by atoms with Crippen LogP contribution in [0.3, 0.4) is 0 Å². The molecule has 4 heterocycles. The maximum absolute atomic E-state index is 15.3. The van der Waals surface area contributed by atoms with Crippen LogP contribution in [0.15, 0.2) is 30.9 Å². The Morgan fingerprint density at radius 3 is 2.67 bits per heavy atom. The van der Waals surface area contributed by atoms with Crippen LogP contribution in [0.4, 0.5) is 20.3 Å². The zero-order valence-corrected chi connectivity index (χ0v) is 16.8. The van der Waals surface area contributed by atoms with Gasteiger partial charge in [-0.2, -0.15) is 0 Å². The molecule has 0 radical (unpaired) electrons. The summed E-state index contributed by atoms with van der Waals surface area (Å²) < 4.78 is 31.3. The lowest BCUT2D eigenvalue weighted by atomic mass is 9.86. The molecule has 0 aliphatic carbocycles. The van der Waals surface area contributed by atoms with Crippen molar-refractivity contribution in [3.63, 3.8) is 0 Å². The Morgan fingerprint density at radius 2 is 1.87 bits per heavy atom. The Balaban J connectivity index is 1.59. The summed E-state index contributed by atoms with van der Waals surface area (Å²) in [6.07, 6.45) is 6.81. The minimum atomic E-state index is -0.462. The molecule has 5 rings (SSSR count). The summed E-state index contributed by atoms with van der Waals surface area (Å²) >= 11 is 0. The third-order valence-electron chi connectivity index (χ3n) is 5.83. The van der Waals surface area contributed by atoms with Gasteiger partial charge < -0.3 is 15.0 Å². The lowest BCUT2D eigenvalue weighted by Gasteiger charge is -2.25. The van der Waals surface area contributed by atoms with E-state index in [1.807, 2.05) is 6.92 Å². The number of benzene rings is 1. The fourth-order valence-corrected chi connectivity index (χ4v) is 4.39. The van der Waals surface area contributed by atoms with E-state index < -0.39 is 5.82 Å². The van der Waals surface area contributed by atoms with E-state index in [2.05, 4.69) is 25.6 Å². The van der Waals surface area contributed by atoms with Gasteiger partial charge in [-0.25, -0.2) is 23.7 Å². The maximum atomic E-state index is 15.3. The number of imidazole rings is 1. The van der Waals surface area contributed by atoms with Gasteiger partial charge in [0, 0.05) is 18.5 Å². The van der Waals surface area contributed by atoms with Crippen LogP contribution >= 0.6 is 0 Å². The van der Waals surface area contributed by atoms with Gasteiger partial charge in [-0.1, -0.05) is 0 Å². The number of hydrogen-bond acceptors (Lipinski definition) is 5. The van der Waals surface area contributed by atoms with Crippen molar-refractivity contribution in [2.24, 2.45) is 0 Å². The van der Waals surface area contributed by atoms with Gasteiger partial charge in [-0.05, 0) is 62.9 Å². The molecular formula is C22H22F2N6. The third kappa shape index (κ3) is 3.17. The van der Waals surface area contributed by atoms with E-state index in [0.717, 1.165) is 37.1 Å². The number of pyridine rings is 1. The Morgan fingerprint density at radius 1 is 1.07 bits per heavy atom. The van der Waals surface area contributed by atoms with Gasteiger partial charge in [0.2, 0.25) is 0 Å². The topological polar surface area (TPSA) is 67.1 Å². The summed E-state index contributed by atoms with van der Waals surface area (Å²) in [5.41, 5.74) is 3.98. The number of anilines is 2. The van der Waals surface area contributed by atoms with Crippen LogP contribution in [0.2, 0.25) is 0 Å². The fraction of sp³-hybridized carbons (Fsp3) is 0.318. The molecule has 30 heavy (non-hydrogen) atoms. The molecule has 2 N–H and O–H groups in total. The number of aromatic nitrogens is 4. The first kappa shape index (κ1) is 18.9. The van der Waals surface area contributed by atoms with Crippen LogP contribution in [-0.2, 0) is 0 Å². The lowest BCUT2D eigenvalue weighted by molar-refractivity contribution is 0.458. The monoisotopic (exact) mass is 408 g/mol. The second-order valence-electron chi connectivity index (χ2n) is 7.86. The number of hydrogen-bond donors (Lipinski definition) is 2. The molecule has 0 unspecified atom stereocenters. The summed E-state index contributed by atoms with van der Waals surface area (Å²) in [6.45, 7) is 5.65. The molecule has 1 aromatic carbocycles. The Hall–Kier alpha value is -3.13. The van der Waals surface area contributed by atoms with Crippen molar-refractivity contribution in [3.05, 3.63) is 59.3 Å². The van der Waals surface area contributed by atoms with Gasteiger partial charge in [0.15, 0.2) is 11.5 Å². The molecule has 0 saturated carbocycles. The molecule has 0 bridgehead atoms. The second-order valence-corrected chi connectivity index (χ2v) is 7.86. The molecular weight excluding hydrogens is 386 g/mol. The smallest absolute Gasteiger partial charge is 0.173 e. The zero-order chi connectivity index (χ0) is 20.8. The van der Waals surface area contributed by atoms with Crippen LogP contribution in [0.25, 0.3) is 16.6 Å². The van der Waals surface area contributed by atoms with Crippen molar-refractivity contribution in [2.75, 3.05) is 18.4 Å². The van der Waals surface area contributed by atoms with Gasteiger partial charge in [-0.15, -0.1) is 0 Å². The van der Waals surface area contributed by atoms with E-state index >= 15 is 4.39 Å². The highest BCUT2D eigenvalue weighted by Crippen LogP contribution is 2.35. The van der Waals surface area contributed by atoms with Gasteiger partial charge in [0.25, 0.3) is 0 Å². The average Bonchev–Trinajstić information content (AvgIpc) is 3.12. The summed E-state index contributed by atoms with van der Waals surface area (Å²) in [5.74, 6) is -0.200. The molecule has 1 aliphatic heterocycles. The normalized spacial score (nSPS) is 15.2. The predicted octanol–water partition coefficient (Wildman–Crippen LogP) is 4.38. The van der Waals surface area contributed by atoms with Crippen molar-refractivity contribution < 1.29 is 8.78 Å². The number of piperidine rings is 1. The molecule has 1 aliphatic rings. The number of aryl methyl sites for hydroxylation is 2. The molecule has 0 spiro atoms. The van der Waals surface area contributed by atoms with E-state index in [9.17, 15) is 4.39 Å². The van der Waals surface area contributed by atoms with Gasteiger partial charge in [-0.3, -0.25) is 0 Å². The van der Waals surface area contributed by atoms with E-state index in [1.54, 1.807) is 29.8 Å². The SMILES string of the molecule is Cc1cn2cc(Nc3ncnc4c(C)c(C5CCNCC5)cc(F)c34)cc(F)c2n1. The Labute approximate surface area is 172 Å². The first-order valence-electron chi connectivity index (χ1n) is 10.1. The van der Waals surface area contributed by atoms with E-state index in [4.69, 9.17) is 0 Å². The predicted molar refractivity (Wildman–Crippen MR) is 112 cm³/mol. The molecule has 1 saturated heterocycles. The van der Waals surface area contributed by atoms with Crippen molar-refractivity contribution in [3.8, 4) is 0 Å². The molecule has 154 valence electrons. The van der Waals surface area contributed by atoms with Crippen molar-refractivity contribution >= 4 is 28.1 Å². The standard InChI is InChI=1S/C22H22F2N6/c1-12-9-30-10-15(7-18(24)22(30)28-12)29-21-19-17(23)8-16(14-3-5-25-6-4-14)13(2)20(19)26-11-27-21/h7-11,14,25H,3-6H2,1-2H3,(H,26,27,29). The van der Waals surface area contributed by atoms with Gasteiger partial charge in [0.05, 0.1) is 22.3 Å². The van der Waals surface area contributed by atoms with Crippen LogP contribution in [0.5, 0.6) is 0 Å². The summed E-state index contributed by atoms with van der Waals surface area (Å²) in [4.78, 5) is 12.8. The highest BCUT2D eigenvalue weighted by atomic mass is 19.1. The lowest BCUT2D eigenvalue weighted by Crippen LogP contribution is -2.27. The molecule has 1 fully saturated rings. The molecule has 6 nitrogen and oxygen atoms in total. The van der Waals surface area contributed by atoms with Crippen molar-refractivity contribution in [1.29, 1.82) is 0 Å². The molecule has 0 amide bonds. The van der Waals surface area contributed by atoms with E-state index in [1.165, 1.54) is 12.4 Å². The van der Waals surface area contributed by atoms with Crippen LogP contribution < -0.4 is 10.6 Å². The summed E-state index contributed by atoms with van der Waals surface area (Å²) in [5, 5.41) is 6.73. The number of fused-ring (bicyclic) bond motifs is 2. The van der Waals surface area contributed by atoms with Crippen molar-refractivity contribution in [2.45, 2.75) is 32.6 Å². The van der Waals surface area contributed by atoms with Crippen molar-refractivity contribution in [1.82, 2.24) is 24.7 Å². The molecule has 0 atom stereocenters. The molecule has 8 heteroatoms. The number of nitrogens with zero attached hydrogens (tertiary/aromatic N) is 4. The maximum Gasteiger partial charge on any atom is 0.173 e. The molecule has 3 aromatic heterocycles. The van der Waals surface area contributed by atoms with E-state index in [-0.39, 0.29) is 11.5 Å². The third-order valence-corrected chi connectivity index (χ3v) is 5.83. The summed E-state index contributed by atoms with van der Waals surface area (Å²) in [6, 6.07) is 2.95. The minimum Gasteiger partial charge on any atom is -0.338 e. The van der Waals surface area contributed by atoms with Crippen LogP contribution in [-0.4, -0.2) is 32.4 Å². The summed E-state index contributed by atoms with van der Waals surface area (Å²) in [7, 11) is 0. The highest BCUT2D eigenvalue weighted by molar-refractivity contribution is 5.93. The number of halogens is 2. The number of nitrogens with one attached hydrogen (secondary N) is 2. The number of rotatable bonds is 3. The van der Waals surface area contributed by atoms with E-state index in [0.29, 0.717) is 34.0 Å². The largest absolute Gasteiger partial charge is 0.338 e. The Kier molecular flexibility index (Phi) is 4.58. The molecule has 4 aromatic rings. The fourth-order valence-electron chi connectivity index (χ4n) is 4.39. The first-order valence-corrected chi connectivity index (χ1v) is 10.1. The van der Waals surface area contributed by atoms with Gasteiger partial charge in [0.1, 0.15) is 18.0 Å². The van der Waals surface area contributed by atoms with Crippen LogP contribution in [0, 0.1) is 25.5 Å². The van der Waals surface area contributed by atoms with Gasteiger partial charge >= 0.3 is 0 Å². The highest BCUT2D eigenvalue weighted by Gasteiger charge is 2.22. The minimum absolute atomic E-state index is 0.249. The van der Waals surface area contributed by atoms with Crippen LogP contribution in [0.1, 0.15) is 35.6 Å². The Bertz CT molecular complexity index is 1260. The zero-order valence-electron chi connectivity index (χ0n) is 16.8. The average molecular weight is 408 g/mol. The first-order chi connectivity index (χ1) is 14.5. The second kappa shape index (κ2) is 7.28. The quantitative estimate of drug-likeness (QED) is 0.527.